The van der Waals surface area contributed by atoms with E-state index in [0.29, 0.717) is 43.5 Å². The molecule has 3 rings (SSSR count). The topological polar surface area (TPSA) is 79.9 Å². The van der Waals surface area contributed by atoms with Gasteiger partial charge >= 0.3 is 6.03 Å². The number of methoxy groups -OCH3 is 2. The SMILES string of the molecule is COc1cc2c(cc1OC)CN(C(=O)NCCC(=O)N[C@H]1CCCC[C@H]1C)CC2. The van der Waals surface area contributed by atoms with Crippen LogP contribution >= 0.6 is 0 Å². The van der Waals surface area contributed by atoms with E-state index in [9.17, 15) is 9.59 Å². The van der Waals surface area contributed by atoms with Gasteiger partial charge in [0, 0.05) is 32.1 Å². The number of ether oxygens (including phenoxy) is 2. The number of carbonyl (C=O) groups excluding carboxylic acids is 2. The third-order valence-electron chi connectivity index (χ3n) is 6.09. The summed E-state index contributed by atoms with van der Waals surface area (Å²) in [6, 6.07) is 4.06. The number of carbonyl (C=O) groups is 2. The summed E-state index contributed by atoms with van der Waals surface area (Å²) in [5.74, 6) is 1.93. The molecule has 1 aromatic rings. The molecule has 29 heavy (non-hydrogen) atoms. The number of nitrogens with one attached hydrogen (secondary N) is 2. The van der Waals surface area contributed by atoms with Crippen LogP contribution in [0.15, 0.2) is 12.1 Å². The quantitative estimate of drug-likeness (QED) is 0.765. The molecule has 0 radical (unpaired) electrons. The molecule has 1 heterocycles. The van der Waals surface area contributed by atoms with Crippen LogP contribution in [0.3, 0.4) is 0 Å². The van der Waals surface area contributed by atoms with Crippen molar-refractivity contribution in [3.8, 4) is 11.5 Å². The van der Waals surface area contributed by atoms with E-state index in [1.54, 1.807) is 19.1 Å². The average Bonchev–Trinajstić information content (AvgIpc) is 2.73. The smallest absolute Gasteiger partial charge is 0.317 e. The lowest BCUT2D eigenvalue weighted by Crippen LogP contribution is -2.45. The molecule has 0 bridgehead atoms. The highest BCUT2D eigenvalue weighted by molar-refractivity contribution is 5.78. The van der Waals surface area contributed by atoms with Crippen molar-refractivity contribution in [2.45, 2.75) is 58.0 Å². The summed E-state index contributed by atoms with van der Waals surface area (Å²) >= 11 is 0. The second kappa shape index (κ2) is 9.85. The Kier molecular flexibility index (Phi) is 7.23. The van der Waals surface area contributed by atoms with E-state index in [1.807, 2.05) is 12.1 Å². The van der Waals surface area contributed by atoms with E-state index < -0.39 is 0 Å². The molecule has 2 N–H and O–H groups in total. The number of amides is 3. The Balaban J connectivity index is 1.46. The fraction of sp³-hybridized carbons (Fsp3) is 0.636. The summed E-state index contributed by atoms with van der Waals surface area (Å²) < 4.78 is 10.7. The zero-order valence-corrected chi connectivity index (χ0v) is 17.8. The van der Waals surface area contributed by atoms with Gasteiger partial charge in [0.2, 0.25) is 5.91 Å². The van der Waals surface area contributed by atoms with Crippen LogP contribution in [-0.4, -0.2) is 50.2 Å². The van der Waals surface area contributed by atoms with Crippen molar-refractivity contribution in [3.05, 3.63) is 23.3 Å². The number of nitrogens with zero attached hydrogens (tertiary/aromatic N) is 1. The summed E-state index contributed by atoms with van der Waals surface area (Å²) in [6.45, 7) is 3.71. The molecule has 0 unspecified atom stereocenters. The Bertz CT molecular complexity index is 737. The van der Waals surface area contributed by atoms with Crippen molar-refractivity contribution >= 4 is 11.9 Å². The van der Waals surface area contributed by atoms with Gasteiger partial charge in [-0.3, -0.25) is 4.79 Å². The van der Waals surface area contributed by atoms with E-state index in [0.717, 1.165) is 18.4 Å². The lowest BCUT2D eigenvalue weighted by Gasteiger charge is -2.30. The summed E-state index contributed by atoms with van der Waals surface area (Å²) in [7, 11) is 3.23. The molecule has 0 spiro atoms. The minimum atomic E-state index is -0.135. The van der Waals surface area contributed by atoms with E-state index in [1.165, 1.54) is 24.8 Å². The summed E-state index contributed by atoms with van der Waals surface area (Å²) in [4.78, 5) is 26.5. The number of urea groups is 1. The molecule has 0 aromatic heterocycles. The molecule has 1 fully saturated rings. The van der Waals surface area contributed by atoms with Gasteiger partial charge in [-0.1, -0.05) is 19.8 Å². The summed E-state index contributed by atoms with van der Waals surface area (Å²) in [5, 5.41) is 6.01. The molecular formula is C22H33N3O4. The van der Waals surface area contributed by atoms with Gasteiger partial charge in [0.05, 0.1) is 14.2 Å². The fourth-order valence-electron chi connectivity index (χ4n) is 4.26. The van der Waals surface area contributed by atoms with Gasteiger partial charge < -0.3 is 25.0 Å². The Labute approximate surface area is 173 Å². The highest BCUT2D eigenvalue weighted by Gasteiger charge is 2.24. The van der Waals surface area contributed by atoms with E-state index in [4.69, 9.17) is 9.47 Å². The normalized spacial score (nSPS) is 21.1. The van der Waals surface area contributed by atoms with E-state index in [-0.39, 0.29) is 18.0 Å². The first-order chi connectivity index (χ1) is 14.0. The molecule has 160 valence electrons. The molecular weight excluding hydrogens is 370 g/mol. The average molecular weight is 404 g/mol. The Morgan fingerprint density at radius 2 is 1.79 bits per heavy atom. The first-order valence-electron chi connectivity index (χ1n) is 10.6. The Morgan fingerprint density at radius 1 is 1.10 bits per heavy atom. The predicted molar refractivity (Wildman–Crippen MR) is 111 cm³/mol. The number of fused-ring (bicyclic) bond motifs is 1. The van der Waals surface area contributed by atoms with Gasteiger partial charge in [0.25, 0.3) is 0 Å². The van der Waals surface area contributed by atoms with Crippen LogP contribution in [0.2, 0.25) is 0 Å². The first kappa shape index (κ1) is 21.3. The summed E-state index contributed by atoms with van der Waals surface area (Å²) in [5.41, 5.74) is 2.24. The molecule has 2 atom stereocenters. The van der Waals surface area contributed by atoms with Crippen molar-refractivity contribution in [3.63, 3.8) is 0 Å². The standard InChI is InChI=1S/C22H33N3O4/c1-15-6-4-5-7-18(15)24-21(26)8-10-23-22(27)25-11-9-16-12-19(28-2)20(29-3)13-17(16)14-25/h12-13,15,18H,4-11,14H2,1-3H3,(H,23,27)(H,24,26)/t15-,18+/m1/s1. The van der Waals surface area contributed by atoms with Crippen molar-refractivity contribution in [1.82, 2.24) is 15.5 Å². The molecule has 7 nitrogen and oxygen atoms in total. The van der Waals surface area contributed by atoms with E-state index in [2.05, 4.69) is 17.6 Å². The second-order valence-corrected chi connectivity index (χ2v) is 8.07. The third-order valence-corrected chi connectivity index (χ3v) is 6.09. The molecule has 1 aliphatic carbocycles. The molecule has 3 amide bonds. The number of benzene rings is 1. The van der Waals surface area contributed by atoms with Crippen LogP contribution < -0.4 is 20.1 Å². The minimum absolute atomic E-state index is 0.0184. The van der Waals surface area contributed by atoms with Gasteiger partial charge in [-0.15, -0.1) is 0 Å². The van der Waals surface area contributed by atoms with E-state index >= 15 is 0 Å². The third kappa shape index (κ3) is 5.34. The molecule has 7 heteroatoms. The lowest BCUT2D eigenvalue weighted by molar-refractivity contribution is -0.122. The van der Waals surface area contributed by atoms with Crippen LogP contribution in [0, 0.1) is 5.92 Å². The maximum atomic E-state index is 12.5. The molecule has 2 aliphatic rings. The van der Waals surface area contributed by atoms with Crippen LogP contribution in [-0.2, 0) is 17.8 Å². The zero-order chi connectivity index (χ0) is 20.8. The predicted octanol–water partition coefficient (Wildman–Crippen LogP) is 2.86. The van der Waals surface area contributed by atoms with Crippen LogP contribution in [0.4, 0.5) is 4.79 Å². The maximum Gasteiger partial charge on any atom is 0.317 e. The van der Waals surface area contributed by atoms with Crippen molar-refractivity contribution < 1.29 is 19.1 Å². The van der Waals surface area contributed by atoms with Gasteiger partial charge in [-0.25, -0.2) is 4.79 Å². The number of rotatable bonds is 6. The van der Waals surface area contributed by atoms with Gasteiger partial charge in [-0.05, 0) is 48.4 Å². The maximum absolute atomic E-state index is 12.5. The molecule has 1 saturated carbocycles. The first-order valence-corrected chi connectivity index (χ1v) is 10.6. The fourth-order valence-corrected chi connectivity index (χ4v) is 4.26. The monoisotopic (exact) mass is 403 g/mol. The number of hydrogen-bond donors (Lipinski definition) is 2. The molecule has 0 saturated heterocycles. The zero-order valence-electron chi connectivity index (χ0n) is 17.8. The van der Waals surface area contributed by atoms with Crippen LogP contribution in [0.25, 0.3) is 0 Å². The van der Waals surface area contributed by atoms with Gasteiger partial charge in [0.15, 0.2) is 11.5 Å². The lowest BCUT2D eigenvalue weighted by atomic mass is 9.86. The van der Waals surface area contributed by atoms with Crippen molar-refractivity contribution in [2.75, 3.05) is 27.3 Å². The Morgan fingerprint density at radius 3 is 2.48 bits per heavy atom. The van der Waals surface area contributed by atoms with Crippen molar-refractivity contribution in [2.24, 2.45) is 5.92 Å². The van der Waals surface area contributed by atoms with Gasteiger partial charge in [-0.2, -0.15) is 0 Å². The van der Waals surface area contributed by atoms with Crippen LogP contribution in [0.5, 0.6) is 11.5 Å². The highest BCUT2D eigenvalue weighted by Crippen LogP contribution is 2.33. The van der Waals surface area contributed by atoms with Gasteiger partial charge in [0.1, 0.15) is 0 Å². The van der Waals surface area contributed by atoms with Crippen molar-refractivity contribution in [1.29, 1.82) is 0 Å². The summed E-state index contributed by atoms with van der Waals surface area (Å²) in [6.07, 6.45) is 5.74. The molecule has 1 aliphatic heterocycles. The Hall–Kier alpha value is -2.44. The number of hydrogen-bond acceptors (Lipinski definition) is 4. The van der Waals surface area contributed by atoms with Crippen LogP contribution in [0.1, 0.15) is 50.2 Å². The largest absolute Gasteiger partial charge is 0.493 e. The molecule has 1 aromatic carbocycles. The second-order valence-electron chi connectivity index (χ2n) is 8.07. The highest BCUT2D eigenvalue weighted by atomic mass is 16.5. The minimum Gasteiger partial charge on any atom is -0.493 e.